The van der Waals surface area contributed by atoms with Gasteiger partial charge in [-0.05, 0) is 57.6 Å². The molecule has 0 spiro atoms. The summed E-state index contributed by atoms with van der Waals surface area (Å²) in [6, 6.07) is 8.13. The lowest BCUT2D eigenvalue weighted by molar-refractivity contribution is 0.126. The number of likely N-dealkylation sites (N-methyl/N-ethyl adjacent to an activating group) is 1. The van der Waals surface area contributed by atoms with Crippen LogP contribution in [-0.2, 0) is 0 Å². The minimum absolute atomic E-state index is 0.129. The Morgan fingerprint density at radius 2 is 2.14 bits per heavy atom. The van der Waals surface area contributed by atoms with Crippen LogP contribution < -0.4 is 5.32 Å². The van der Waals surface area contributed by atoms with E-state index in [1.807, 2.05) is 31.3 Å². The zero-order valence-corrected chi connectivity index (χ0v) is 13.7. The van der Waals surface area contributed by atoms with E-state index in [1.54, 1.807) is 0 Å². The molecule has 1 N–H and O–H groups in total. The van der Waals surface area contributed by atoms with Gasteiger partial charge in [-0.25, -0.2) is 0 Å². The summed E-state index contributed by atoms with van der Waals surface area (Å²) in [7, 11) is 2.02. The van der Waals surface area contributed by atoms with Crippen LogP contribution in [0.25, 0.3) is 11.4 Å². The molecule has 118 valence electrons. The van der Waals surface area contributed by atoms with Gasteiger partial charge in [0.15, 0.2) is 0 Å². The number of benzene rings is 1. The second kappa shape index (κ2) is 6.77. The average Bonchev–Trinajstić information content (AvgIpc) is 3.05. The van der Waals surface area contributed by atoms with Crippen molar-refractivity contribution in [3.63, 3.8) is 0 Å². The van der Waals surface area contributed by atoms with Gasteiger partial charge < -0.3 is 9.84 Å². The highest BCUT2D eigenvalue weighted by molar-refractivity contribution is 6.30. The molecule has 2 atom stereocenters. The van der Waals surface area contributed by atoms with Gasteiger partial charge in [0, 0.05) is 23.2 Å². The quantitative estimate of drug-likeness (QED) is 0.938. The molecule has 1 aliphatic rings. The van der Waals surface area contributed by atoms with E-state index in [1.165, 1.54) is 12.8 Å². The molecular formula is C16H21ClN4O. The van der Waals surface area contributed by atoms with Crippen molar-refractivity contribution in [1.29, 1.82) is 0 Å². The Hall–Kier alpha value is -1.43. The van der Waals surface area contributed by atoms with Crippen molar-refractivity contribution in [3.8, 4) is 11.4 Å². The molecule has 2 heterocycles. The van der Waals surface area contributed by atoms with Crippen LogP contribution in [0.4, 0.5) is 0 Å². The average molecular weight is 321 g/mol. The van der Waals surface area contributed by atoms with E-state index in [0.717, 1.165) is 18.7 Å². The molecule has 1 aromatic heterocycles. The number of hydrogen-bond acceptors (Lipinski definition) is 5. The number of rotatable bonds is 4. The van der Waals surface area contributed by atoms with Crippen molar-refractivity contribution in [2.45, 2.75) is 31.8 Å². The number of halogens is 1. The molecule has 0 amide bonds. The van der Waals surface area contributed by atoms with Crippen LogP contribution in [0.1, 0.15) is 31.7 Å². The smallest absolute Gasteiger partial charge is 0.244 e. The highest BCUT2D eigenvalue weighted by Gasteiger charge is 2.26. The lowest BCUT2D eigenvalue weighted by Crippen LogP contribution is -2.45. The summed E-state index contributed by atoms with van der Waals surface area (Å²) < 4.78 is 5.48. The molecule has 2 aromatic rings. The normalized spacial score (nSPS) is 21.0. The summed E-state index contributed by atoms with van der Waals surface area (Å²) in [5, 5.41) is 8.16. The van der Waals surface area contributed by atoms with Gasteiger partial charge in [0.2, 0.25) is 11.7 Å². The first-order chi connectivity index (χ1) is 10.7. The maximum atomic E-state index is 5.91. The summed E-state index contributed by atoms with van der Waals surface area (Å²) in [5.74, 6) is 1.28. The molecule has 0 radical (unpaired) electrons. The van der Waals surface area contributed by atoms with Crippen LogP contribution in [0.3, 0.4) is 0 Å². The van der Waals surface area contributed by atoms with Crippen molar-refractivity contribution in [2.75, 3.05) is 20.1 Å². The summed E-state index contributed by atoms with van der Waals surface area (Å²) in [6.45, 7) is 4.20. The Morgan fingerprint density at radius 1 is 1.36 bits per heavy atom. The molecular weight excluding hydrogens is 300 g/mol. The second-order valence-electron chi connectivity index (χ2n) is 5.76. The molecule has 3 rings (SSSR count). The molecule has 0 saturated carbocycles. The number of aromatic nitrogens is 2. The van der Waals surface area contributed by atoms with E-state index in [-0.39, 0.29) is 6.04 Å². The lowest BCUT2D eigenvalue weighted by Gasteiger charge is -2.35. The first kappa shape index (κ1) is 15.5. The van der Waals surface area contributed by atoms with Gasteiger partial charge in [0.1, 0.15) is 0 Å². The third kappa shape index (κ3) is 3.32. The fourth-order valence-corrected chi connectivity index (χ4v) is 3.00. The van der Waals surface area contributed by atoms with Crippen molar-refractivity contribution >= 4 is 11.6 Å². The van der Waals surface area contributed by atoms with Crippen LogP contribution in [0.2, 0.25) is 5.02 Å². The fraction of sp³-hybridized carbons (Fsp3) is 0.500. The number of likely N-dealkylation sites (tertiary alicyclic amines) is 1. The van der Waals surface area contributed by atoms with Gasteiger partial charge in [0.05, 0.1) is 6.04 Å². The topological polar surface area (TPSA) is 54.2 Å². The minimum atomic E-state index is 0.129. The summed E-state index contributed by atoms with van der Waals surface area (Å²) >= 11 is 5.91. The summed E-state index contributed by atoms with van der Waals surface area (Å²) in [4.78, 5) is 6.95. The molecule has 0 aliphatic carbocycles. The fourth-order valence-electron chi connectivity index (χ4n) is 2.87. The largest absolute Gasteiger partial charge is 0.337 e. The Balaban J connectivity index is 1.74. The Kier molecular flexibility index (Phi) is 4.76. The predicted molar refractivity (Wildman–Crippen MR) is 86.8 cm³/mol. The lowest BCUT2D eigenvalue weighted by atomic mass is 10.0. The molecule has 2 unspecified atom stereocenters. The maximum absolute atomic E-state index is 5.91. The van der Waals surface area contributed by atoms with Gasteiger partial charge in [-0.15, -0.1) is 0 Å². The van der Waals surface area contributed by atoms with E-state index in [4.69, 9.17) is 16.1 Å². The number of piperidine rings is 1. The Morgan fingerprint density at radius 3 is 2.86 bits per heavy atom. The van der Waals surface area contributed by atoms with Gasteiger partial charge >= 0.3 is 0 Å². The van der Waals surface area contributed by atoms with Gasteiger partial charge in [-0.1, -0.05) is 16.8 Å². The van der Waals surface area contributed by atoms with Crippen LogP contribution in [0, 0.1) is 0 Å². The second-order valence-corrected chi connectivity index (χ2v) is 6.20. The van der Waals surface area contributed by atoms with Crippen molar-refractivity contribution in [1.82, 2.24) is 20.4 Å². The first-order valence-corrected chi connectivity index (χ1v) is 8.06. The molecule has 1 aliphatic heterocycles. The maximum Gasteiger partial charge on any atom is 0.244 e. The third-order valence-electron chi connectivity index (χ3n) is 4.31. The van der Waals surface area contributed by atoms with E-state index < -0.39 is 0 Å². The van der Waals surface area contributed by atoms with E-state index >= 15 is 0 Å². The molecule has 0 bridgehead atoms. The van der Waals surface area contributed by atoms with Gasteiger partial charge in [-0.2, -0.15) is 4.98 Å². The van der Waals surface area contributed by atoms with Crippen LogP contribution in [-0.4, -0.2) is 41.2 Å². The minimum Gasteiger partial charge on any atom is -0.337 e. The van der Waals surface area contributed by atoms with Crippen molar-refractivity contribution < 1.29 is 4.52 Å². The Labute approximate surface area is 135 Å². The van der Waals surface area contributed by atoms with Crippen LogP contribution in [0.15, 0.2) is 28.8 Å². The first-order valence-electron chi connectivity index (χ1n) is 7.68. The van der Waals surface area contributed by atoms with E-state index in [0.29, 0.717) is 22.8 Å². The molecule has 5 nitrogen and oxygen atoms in total. The van der Waals surface area contributed by atoms with Crippen LogP contribution in [0.5, 0.6) is 0 Å². The number of hydrogen-bond donors (Lipinski definition) is 1. The third-order valence-corrected chi connectivity index (χ3v) is 4.56. The number of nitrogens with one attached hydrogen (secondary N) is 1. The molecule has 22 heavy (non-hydrogen) atoms. The molecule has 1 aromatic carbocycles. The standard InChI is InChI=1S/C16H21ClN4O/c1-11(21-9-3-4-14(10-21)18-2)16-19-15(20-22-16)12-5-7-13(17)8-6-12/h5-8,11,14,18H,3-4,9-10H2,1-2H3. The van der Waals surface area contributed by atoms with Crippen molar-refractivity contribution in [3.05, 3.63) is 35.2 Å². The van der Waals surface area contributed by atoms with E-state index in [2.05, 4.69) is 27.3 Å². The number of nitrogens with zero attached hydrogens (tertiary/aromatic N) is 3. The SMILES string of the molecule is CNC1CCCN(C(C)c2nc(-c3ccc(Cl)cc3)no2)C1. The summed E-state index contributed by atoms with van der Waals surface area (Å²) in [5.41, 5.74) is 0.915. The van der Waals surface area contributed by atoms with Gasteiger partial charge in [0.25, 0.3) is 0 Å². The Bertz CT molecular complexity index is 613. The highest BCUT2D eigenvalue weighted by Crippen LogP contribution is 2.25. The van der Waals surface area contributed by atoms with E-state index in [9.17, 15) is 0 Å². The molecule has 1 saturated heterocycles. The van der Waals surface area contributed by atoms with Crippen LogP contribution >= 0.6 is 11.6 Å². The molecule has 6 heteroatoms. The summed E-state index contributed by atoms with van der Waals surface area (Å²) in [6.07, 6.45) is 2.41. The monoisotopic (exact) mass is 320 g/mol. The molecule has 1 fully saturated rings. The zero-order valence-electron chi connectivity index (χ0n) is 12.9. The van der Waals surface area contributed by atoms with Crippen molar-refractivity contribution in [2.24, 2.45) is 0 Å². The van der Waals surface area contributed by atoms with Gasteiger partial charge in [-0.3, -0.25) is 4.90 Å². The highest BCUT2D eigenvalue weighted by atomic mass is 35.5. The predicted octanol–water partition coefficient (Wildman–Crippen LogP) is 3.13. The zero-order chi connectivity index (χ0) is 15.5.